The number of nitro groups is 1. The Bertz CT molecular complexity index is 1660. The molecule has 3 aromatic carbocycles. The summed E-state index contributed by atoms with van der Waals surface area (Å²) >= 11 is 5.68. The molecule has 0 spiro atoms. The summed E-state index contributed by atoms with van der Waals surface area (Å²) in [5.74, 6) is -0.607. The van der Waals surface area contributed by atoms with Crippen molar-refractivity contribution in [2.45, 2.75) is 0 Å². The summed E-state index contributed by atoms with van der Waals surface area (Å²) in [6, 6.07) is 23.8. The summed E-state index contributed by atoms with van der Waals surface area (Å²) in [6.45, 7) is 0. The average molecular weight is 591 g/mol. The molecule has 11 heteroatoms. The third kappa shape index (κ3) is 5.38. The monoisotopic (exact) mass is 590 g/mol. The fraction of sp³-hybridized carbons (Fsp3) is 0. The van der Waals surface area contributed by atoms with E-state index in [4.69, 9.17) is 0 Å². The number of thiophene rings is 1. The van der Waals surface area contributed by atoms with Crippen molar-refractivity contribution in [2.24, 2.45) is 5.10 Å². The zero-order valence-corrected chi connectivity index (χ0v) is 22.0. The maximum Gasteiger partial charge on any atom is 0.324 e. The highest BCUT2D eigenvalue weighted by Crippen LogP contribution is 2.32. The molecule has 0 atom stereocenters. The van der Waals surface area contributed by atoms with Crippen LogP contribution in [0, 0.1) is 10.1 Å². The number of thiazole rings is 1. The maximum absolute atomic E-state index is 13.6. The second-order valence-corrected chi connectivity index (χ2v) is 10.7. The van der Waals surface area contributed by atoms with Crippen LogP contribution < -0.4 is 5.01 Å². The summed E-state index contributed by atoms with van der Waals surface area (Å²) in [6.07, 6.45) is 1.39. The minimum atomic E-state index is -0.478. The Balaban J connectivity index is 1.48. The molecule has 37 heavy (non-hydrogen) atoms. The largest absolute Gasteiger partial charge is 0.324 e. The number of rotatable bonds is 7. The lowest BCUT2D eigenvalue weighted by molar-refractivity contribution is -0.380. The topological polar surface area (TPSA) is 106 Å². The number of carbonyl (C=O) groups is 2. The molecule has 0 aliphatic rings. The number of carbonyl (C=O) groups excluding carboxylic acids is 2. The van der Waals surface area contributed by atoms with Crippen molar-refractivity contribution in [3.8, 4) is 0 Å². The van der Waals surface area contributed by atoms with E-state index in [1.54, 1.807) is 54.6 Å². The molecule has 0 aliphatic heterocycles. The van der Waals surface area contributed by atoms with Gasteiger partial charge in [-0.25, -0.2) is 4.98 Å². The first kappa shape index (κ1) is 24.6. The number of nitrogens with zero attached hydrogens (tertiary/aromatic N) is 4. The van der Waals surface area contributed by atoms with E-state index in [0.717, 1.165) is 25.5 Å². The van der Waals surface area contributed by atoms with Gasteiger partial charge in [-0.15, -0.1) is 0 Å². The number of hydrazone groups is 1. The molecule has 0 radical (unpaired) electrons. The van der Waals surface area contributed by atoms with Crippen LogP contribution in [0.5, 0.6) is 0 Å². The fourth-order valence-electron chi connectivity index (χ4n) is 3.43. The SMILES string of the molecule is O=C(c1ccccc1)c1ccc(C(=O)N(/N=C/c2ccc([N+](=O)[O-])s2)c2nc3ccc(Br)cc3s2)cc1. The molecule has 2 aromatic heterocycles. The van der Waals surface area contributed by atoms with Crippen LogP contribution in [0.1, 0.15) is 31.2 Å². The van der Waals surface area contributed by atoms with E-state index in [2.05, 4.69) is 26.0 Å². The number of halogens is 1. The van der Waals surface area contributed by atoms with Gasteiger partial charge in [-0.1, -0.05) is 81.1 Å². The third-order valence-electron chi connectivity index (χ3n) is 5.24. The van der Waals surface area contributed by atoms with Crippen molar-refractivity contribution in [3.05, 3.63) is 121 Å². The molecule has 0 aliphatic carbocycles. The fourth-order valence-corrected chi connectivity index (χ4v) is 5.59. The average Bonchev–Trinajstić information content (AvgIpc) is 3.56. The number of anilines is 1. The molecule has 0 bridgehead atoms. The molecule has 5 rings (SSSR count). The molecular weight excluding hydrogens is 576 g/mol. The number of ketones is 1. The number of hydrogen-bond acceptors (Lipinski definition) is 8. The van der Waals surface area contributed by atoms with E-state index in [1.807, 2.05) is 24.3 Å². The van der Waals surface area contributed by atoms with E-state index in [-0.39, 0.29) is 10.8 Å². The number of amides is 1. The highest BCUT2D eigenvalue weighted by atomic mass is 79.9. The van der Waals surface area contributed by atoms with Crippen LogP contribution in [0.25, 0.3) is 10.2 Å². The Kier molecular flexibility index (Phi) is 6.99. The molecule has 5 aromatic rings. The van der Waals surface area contributed by atoms with E-state index < -0.39 is 10.8 Å². The first-order chi connectivity index (χ1) is 17.9. The van der Waals surface area contributed by atoms with Crippen LogP contribution in [0.15, 0.2) is 94.5 Å². The van der Waals surface area contributed by atoms with Gasteiger partial charge in [0, 0.05) is 27.2 Å². The molecule has 0 saturated heterocycles. The van der Waals surface area contributed by atoms with Gasteiger partial charge in [-0.3, -0.25) is 19.7 Å². The van der Waals surface area contributed by atoms with Gasteiger partial charge in [0.25, 0.3) is 5.91 Å². The van der Waals surface area contributed by atoms with Gasteiger partial charge in [0.2, 0.25) is 5.13 Å². The Hall–Kier alpha value is -4.06. The zero-order chi connectivity index (χ0) is 25.9. The number of hydrogen-bond donors (Lipinski definition) is 0. The van der Waals surface area contributed by atoms with Crippen LogP contribution in [-0.2, 0) is 0 Å². The van der Waals surface area contributed by atoms with Crippen LogP contribution in [0.4, 0.5) is 10.1 Å². The van der Waals surface area contributed by atoms with E-state index in [9.17, 15) is 19.7 Å². The molecule has 0 fully saturated rings. The third-order valence-corrected chi connectivity index (χ3v) is 7.69. The minimum absolute atomic E-state index is 0.0252. The van der Waals surface area contributed by atoms with Crippen LogP contribution in [-0.4, -0.2) is 27.8 Å². The molecule has 2 heterocycles. The minimum Gasteiger partial charge on any atom is -0.289 e. The number of benzene rings is 3. The highest BCUT2D eigenvalue weighted by Gasteiger charge is 2.22. The molecule has 0 unspecified atom stereocenters. The zero-order valence-electron chi connectivity index (χ0n) is 18.8. The van der Waals surface area contributed by atoms with E-state index in [0.29, 0.717) is 32.2 Å². The van der Waals surface area contributed by atoms with Crippen molar-refractivity contribution in [1.82, 2.24) is 4.98 Å². The van der Waals surface area contributed by atoms with Crippen molar-refractivity contribution in [1.29, 1.82) is 0 Å². The predicted molar refractivity (Wildman–Crippen MR) is 149 cm³/mol. The van der Waals surface area contributed by atoms with Gasteiger partial charge >= 0.3 is 5.00 Å². The standard InChI is InChI=1S/C26H15BrN4O4S2/c27-19-10-12-21-22(14-19)37-26(29-21)30(28-15-20-11-13-23(36-20)31(34)35)25(33)18-8-6-17(7-9-18)24(32)16-4-2-1-3-5-16/h1-15H/b28-15+. The lowest BCUT2D eigenvalue weighted by Gasteiger charge is -2.14. The molecular formula is C26H15BrN4O4S2. The van der Waals surface area contributed by atoms with Crippen LogP contribution in [0.2, 0.25) is 0 Å². The summed E-state index contributed by atoms with van der Waals surface area (Å²) in [5.41, 5.74) is 2.01. The summed E-state index contributed by atoms with van der Waals surface area (Å²) < 4.78 is 1.73. The first-order valence-corrected chi connectivity index (χ1v) is 13.2. The highest BCUT2D eigenvalue weighted by molar-refractivity contribution is 9.10. The van der Waals surface area contributed by atoms with Gasteiger partial charge < -0.3 is 0 Å². The van der Waals surface area contributed by atoms with Crippen LogP contribution in [0.3, 0.4) is 0 Å². The maximum atomic E-state index is 13.6. The summed E-state index contributed by atoms with van der Waals surface area (Å²) in [7, 11) is 0. The first-order valence-electron chi connectivity index (χ1n) is 10.8. The molecule has 8 nitrogen and oxygen atoms in total. The predicted octanol–water partition coefficient (Wildman–Crippen LogP) is 6.94. The van der Waals surface area contributed by atoms with Crippen molar-refractivity contribution in [3.63, 3.8) is 0 Å². The van der Waals surface area contributed by atoms with Gasteiger partial charge in [0.05, 0.1) is 26.2 Å². The van der Waals surface area contributed by atoms with Gasteiger partial charge in [-0.2, -0.15) is 10.1 Å². The lowest BCUT2D eigenvalue weighted by atomic mass is 10.0. The quantitative estimate of drug-likeness (QED) is 0.0883. The Morgan fingerprint density at radius 3 is 2.32 bits per heavy atom. The second kappa shape index (κ2) is 10.5. The van der Waals surface area contributed by atoms with E-state index in [1.165, 1.54) is 23.6 Å². The van der Waals surface area contributed by atoms with Gasteiger partial charge in [0.1, 0.15) is 0 Å². The van der Waals surface area contributed by atoms with Gasteiger partial charge in [-0.05, 0) is 36.4 Å². The molecule has 0 N–H and O–H groups in total. The molecule has 182 valence electrons. The molecule has 1 amide bonds. The number of fused-ring (bicyclic) bond motifs is 1. The Morgan fingerprint density at radius 2 is 1.62 bits per heavy atom. The lowest BCUT2D eigenvalue weighted by Crippen LogP contribution is -2.25. The number of aromatic nitrogens is 1. The van der Waals surface area contributed by atoms with Crippen molar-refractivity contribution >= 4 is 76.9 Å². The van der Waals surface area contributed by atoms with Crippen LogP contribution >= 0.6 is 38.6 Å². The Labute approximate surface area is 226 Å². The Morgan fingerprint density at radius 1 is 0.919 bits per heavy atom. The van der Waals surface area contributed by atoms with Gasteiger partial charge in [0.15, 0.2) is 5.78 Å². The van der Waals surface area contributed by atoms with Crippen molar-refractivity contribution < 1.29 is 14.5 Å². The summed E-state index contributed by atoms with van der Waals surface area (Å²) in [4.78, 5) is 41.9. The van der Waals surface area contributed by atoms with E-state index >= 15 is 0 Å². The van der Waals surface area contributed by atoms with Crippen molar-refractivity contribution in [2.75, 3.05) is 5.01 Å². The second-order valence-electron chi connectivity index (χ2n) is 7.68. The smallest absolute Gasteiger partial charge is 0.289 e. The molecule has 0 saturated carbocycles. The summed E-state index contributed by atoms with van der Waals surface area (Å²) in [5, 5.41) is 16.9. The normalized spacial score (nSPS) is 11.2.